The summed E-state index contributed by atoms with van der Waals surface area (Å²) in [5, 5.41) is 13.5. The fraction of sp³-hybridized carbons (Fsp3) is 0.176. The Morgan fingerprint density at radius 3 is 2.61 bits per heavy atom. The lowest BCUT2D eigenvalue weighted by molar-refractivity contribution is -0.147. The van der Waals surface area contributed by atoms with Crippen LogP contribution >= 0.6 is 0 Å². The average molecular weight is 389 g/mol. The van der Waals surface area contributed by atoms with E-state index in [9.17, 15) is 14.4 Å². The van der Waals surface area contributed by atoms with E-state index in [1.807, 2.05) is 5.48 Å². The van der Waals surface area contributed by atoms with Gasteiger partial charge < -0.3 is 15.2 Å². The molecule has 148 valence electrons. The molecule has 11 heteroatoms. The van der Waals surface area contributed by atoms with Gasteiger partial charge in [0.05, 0.1) is 18.4 Å². The number of anilines is 1. The van der Waals surface area contributed by atoms with Crippen molar-refractivity contribution in [3.8, 4) is 0 Å². The predicted octanol–water partition coefficient (Wildman–Crippen LogP) is 0.698. The van der Waals surface area contributed by atoms with Crippen LogP contribution in [-0.2, 0) is 19.1 Å². The largest absolute Gasteiger partial charge is 0.456 e. The quantitative estimate of drug-likeness (QED) is 0.184. The highest BCUT2D eigenvalue weighted by molar-refractivity contribution is 6.02. The summed E-state index contributed by atoms with van der Waals surface area (Å²) in [5.41, 5.74) is 8.22. The molecule has 0 aliphatic carbocycles. The van der Waals surface area contributed by atoms with Gasteiger partial charge >= 0.3 is 12.0 Å². The van der Waals surface area contributed by atoms with E-state index >= 15 is 0 Å². The van der Waals surface area contributed by atoms with Crippen LogP contribution in [0.25, 0.3) is 5.76 Å². The zero-order chi connectivity index (χ0) is 20.7. The number of hydrazone groups is 1. The van der Waals surface area contributed by atoms with Crippen molar-refractivity contribution < 1.29 is 29.1 Å². The van der Waals surface area contributed by atoms with E-state index in [4.69, 9.17) is 15.7 Å². The number of urea groups is 1. The Hall–Kier alpha value is -3.70. The summed E-state index contributed by atoms with van der Waals surface area (Å²) in [6.07, 6.45) is 1.15. The molecule has 1 aromatic carbocycles. The summed E-state index contributed by atoms with van der Waals surface area (Å²) >= 11 is 0. The highest BCUT2D eigenvalue weighted by atomic mass is 16.5. The van der Waals surface area contributed by atoms with Gasteiger partial charge in [-0.15, -0.1) is 0 Å². The topological polar surface area (TPSA) is 147 Å². The second kappa shape index (κ2) is 9.30. The third-order valence-corrected chi connectivity index (χ3v) is 3.49. The van der Waals surface area contributed by atoms with Crippen molar-refractivity contribution in [2.75, 3.05) is 25.3 Å². The fourth-order valence-electron chi connectivity index (χ4n) is 2.05. The zero-order valence-corrected chi connectivity index (χ0v) is 14.8. The van der Waals surface area contributed by atoms with Crippen molar-refractivity contribution in [3.05, 3.63) is 48.7 Å². The first-order valence-corrected chi connectivity index (χ1v) is 7.93. The lowest BCUT2D eigenvalue weighted by Crippen LogP contribution is -2.35. The minimum absolute atomic E-state index is 0.0719. The molecule has 0 bridgehead atoms. The Balaban J connectivity index is 1.90. The van der Waals surface area contributed by atoms with Crippen LogP contribution in [0.3, 0.4) is 0 Å². The number of esters is 1. The van der Waals surface area contributed by atoms with E-state index < -0.39 is 24.6 Å². The summed E-state index contributed by atoms with van der Waals surface area (Å²) in [6, 6.07) is 5.79. The standard InChI is InChI=1S/C17H19N5O6/c1-11(28-12(2)13-3-5-14(20-26)6-4-13)8-19-22-9-15(23)21(17(22)25)10-27-16(24)7-18/h3-6,8,20,26H,1-2,7,9-10,18H2/b19-8+. The van der Waals surface area contributed by atoms with Crippen molar-refractivity contribution in [2.45, 2.75) is 0 Å². The Labute approximate surface area is 160 Å². The van der Waals surface area contributed by atoms with Gasteiger partial charge in [0.25, 0.3) is 5.91 Å². The molecule has 11 nitrogen and oxygen atoms in total. The van der Waals surface area contributed by atoms with Crippen molar-refractivity contribution in [1.82, 2.24) is 9.91 Å². The monoisotopic (exact) mass is 389 g/mol. The summed E-state index contributed by atoms with van der Waals surface area (Å²) in [5.74, 6) is -0.992. The molecule has 1 heterocycles. The fourth-order valence-corrected chi connectivity index (χ4v) is 2.05. The lowest BCUT2D eigenvalue weighted by atomic mass is 10.2. The van der Waals surface area contributed by atoms with Gasteiger partial charge in [-0.2, -0.15) is 5.10 Å². The molecular formula is C17H19N5O6. The molecule has 4 N–H and O–H groups in total. The predicted molar refractivity (Wildman–Crippen MR) is 98.6 cm³/mol. The van der Waals surface area contributed by atoms with Crippen LogP contribution in [0.15, 0.2) is 48.3 Å². The molecule has 1 aromatic rings. The Bertz CT molecular complexity index is 820. The molecule has 1 saturated heterocycles. The molecule has 2 rings (SSSR count). The maximum atomic E-state index is 12.1. The second-order valence-corrected chi connectivity index (χ2v) is 5.44. The number of rotatable bonds is 9. The summed E-state index contributed by atoms with van der Waals surface area (Å²) in [7, 11) is 0. The smallest absolute Gasteiger partial charge is 0.350 e. The van der Waals surface area contributed by atoms with Crippen LogP contribution in [0.5, 0.6) is 0 Å². The van der Waals surface area contributed by atoms with E-state index in [0.29, 0.717) is 11.3 Å². The van der Waals surface area contributed by atoms with Gasteiger partial charge in [-0.05, 0) is 24.3 Å². The number of imide groups is 1. The molecular weight excluding hydrogens is 370 g/mol. The van der Waals surface area contributed by atoms with Gasteiger partial charge in [0.1, 0.15) is 18.1 Å². The molecule has 1 aliphatic heterocycles. The number of carbonyl (C=O) groups is 3. The van der Waals surface area contributed by atoms with Gasteiger partial charge in [-0.25, -0.2) is 14.7 Å². The van der Waals surface area contributed by atoms with Crippen LogP contribution in [0.2, 0.25) is 0 Å². The highest BCUT2D eigenvalue weighted by Crippen LogP contribution is 2.19. The van der Waals surface area contributed by atoms with Crippen LogP contribution in [0, 0.1) is 0 Å². The van der Waals surface area contributed by atoms with Crippen LogP contribution < -0.4 is 11.2 Å². The number of carbonyl (C=O) groups excluding carboxylic acids is 3. The number of benzene rings is 1. The molecule has 0 radical (unpaired) electrons. The molecule has 1 fully saturated rings. The summed E-state index contributed by atoms with van der Waals surface area (Å²) in [4.78, 5) is 35.7. The first kappa shape index (κ1) is 20.6. The van der Waals surface area contributed by atoms with Crippen molar-refractivity contribution >= 4 is 35.6 Å². The van der Waals surface area contributed by atoms with Crippen molar-refractivity contribution in [2.24, 2.45) is 10.8 Å². The number of nitrogens with two attached hydrogens (primary N) is 1. The van der Waals surface area contributed by atoms with Crippen LogP contribution in [0.1, 0.15) is 5.56 Å². The molecule has 0 unspecified atom stereocenters. The first-order valence-electron chi connectivity index (χ1n) is 7.93. The third-order valence-electron chi connectivity index (χ3n) is 3.49. The highest BCUT2D eigenvalue weighted by Gasteiger charge is 2.36. The number of nitrogens with one attached hydrogen (secondary N) is 1. The van der Waals surface area contributed by atoms with Crippen molar-refractivity contribution in [3.63, 3.8) is 0 Å². The summed E-state index contributed by atoms with van der Waals surface area (Å²) < 4.78 is 10.1. The number of allylic oxidation sites excluding steroid dienone is 1. The van der Waals surface area contributed by atoms with Crippen molar-refractivity contribution in [1.29, 1.82) is 0 Å². The minimum Gasteiger partial charge on any atom is -0.456 e. The lowest BCUT2D eigenvalue weighted by Gasteiger charge is -2.13. The average Bonchev–Trinajstić information content (AvgIpc) is 2.97. The zero-order valence-electron chi connectivity index (χ0n) is 14.8. The van der Waals surface area contributed by atoms with E-state index in [-0.39, 0.29) is 24.6 Å². The molecule has 1 aliphatic rings. The Morgan fingerprint density at radius 1 is 1.32 bits per heavy atom. The SMILES string of the molecule is C=C(/C=N/N1CC(=O)N(COC(=O)CN)C1=O)OC(=C)c1ccc(NO)cc1. The maximum Gasteiger partial charge on any atom is 0.350 e. The normalized spacial score (nSPS) is 13.8. The van der Waals surface area contributed by atoms with E-state index in [0.717, 1.165) is 16.1 Å². The van der Waals surface area contributed by atoms with Gasteiger partial charge in [-0.1, -0.05) is 13.2 Å². The number of hydrogen-bond donors (Lipinski definition) is 3. The minimum atomic E-state index is -0.759. The molecule has 0 aromatic heterocycles. The van der Waals surface area contributed by atoms with E-state index in [1.54, 1.807) is 24.3 Å². The Kier molecular flexibility index (Phi) is 6.84. The van der Waals surface area contributed by atoms with E-state index in [2.05, 4.69) is 23.0 Å². The van der Waals surface area contributed by atoms with Crippen LogP contribution in [-0.4, -0.2) is 59.1 Å². The molecule has 0 spiro atoms. The molecule has 28 heavy (non-hydrogen) atoms. The maximum absolute atomic E-state index is 12.1. The number of nitrogens with zero attached hydrogens (tertiary/aromatic N) is 3. The second-order valence-electron chi connectivity index (χ2n) is 5.44. The first-order chi connectivity index (χ1) is 13.3. The third kappa shape index (κ3) is 5.16. The van der Waals surface area contributed by atoms with Gasteiger partial charge in [0.2, 0.25) is 0 Å². The van der Waals surface area contributed by atoms with Crippen LogP contribution in [0.4, 0.5) is 10.5 Å². The number of hydrogen-bond acceptors (Lipinski definition) is 9. The molecule has 3 amide bonds. The molecule has 0 atom stereocenters. The summed E-state index contributed by atoms with van der Waals surface area (Å²) in [6.45, 7) is 6.19. The number of amides is 3. The number of ether oxygens (including phenoxy) is 2. The molecule has 0 saturated carbocycles. The van der Waals surface area contributed by atoms with E-state index in [1.165, 1.54) is 0 Å². The van der Waals surface area contributed by atoms with Gasteiger partial charge in [0, 0.05) is 5.56 Å². The van der Waals surface area contributed by atoms with Gasteiger partial charge in [0.15, 0.2) is 6.73 Å². The van der Waals surface area contributed by atoms with Gasteiger partial charge in [-0.3, -0.25) is 20.3 Å². The Morgan fingerprint density at radius 2 is 2.00 bits per heavy atom.